The first-order chi connectivity index (χ1) is 36.2. The molecule has 0 bridgehead atoms. The average Bonchev–Trinajstić information content (AvgIpc) is 4.01. The number of allylic oxidation sites excluding steroid dienone is 2. The van der Waals surface area contributed by atoms with Gasteiger partial charge in [-0.25, -0.2) is 0 Å². The molecule has 0 amide bonds. The Morgan fingerprint density at radius 3 is 1.67 bits per heavy atom. The quantitative estimate of drug-likeness (QED) is 0.143. The van der Waals surface area contributed by atoms with Crippen LogP contribution in [-0.2, 0) is 0 Å². The predicted molar refractivity (Wildman–Crippen MR) is 308 cm³/mol. The Hall–Kier alpha value is -9.44. The lowest BCUT2D eigenvalue weighted by atomic mass is 9.91. The maximum atomic E-state index is 2.52. The highest BCUT2D eigenvalue weighted by Crippen LogP contribution is 2.51. The number of hydrogen-bond acceptors (Lipinski definition) is 2. The van der Waals surface area contributed by atoms with Crippen molar-refractivity contribution in [2.24, 2.45) is 0 Å². The van der Waals surface area contributed by atoms with Crippen LogP contribution in [0.1, 0.15) is 11.5 Å². The molecular formula is C70H49N3. The molecule has 11 aromatic carbocycles. The van der Waals surface area contributed by atoms with Crippen LogP contribution in [0.25, 0.3) is 82.8 Å². The van der Waals surface area contributed by atoms with Gasteiger partial charge < -0.3 is 14.4 Å². The van der Waals surface area contributed by atoms with Gasteiger partial charge in [-0.15, -0.1) is 0 Å². The molecule has 3 nitrogen and oxygen atoms in total. The van der Waals surface area contributed by atoms with Crippen LogP contribution in [0.4, 0.5) is 28.4 Å². The van der Waals surface area contributed by atoms with Gasteiger partial charge in [0, 0.05) is 56.4 Å². The van der Waals surface area contributed by atoms with Gasteiger partial charge in [-0.3, -0.25) is 0 Å². The molecule has 14 rings (SSSR count). The van der Waals surface area contributed by atoms with Gasteiger partial charge in [0.15, 0.2) is 0 Å². The molecule has 73 heavy (non-hydrogen) atoms. The molecule has 2 aliphatic rings. The standard InChI is InChI=1S/C70H49N3/c1-5-18-48(19-6-1)50-32-37-56(38-33-50)71(59-42-45-67-65(47-59)62-28-15-16-31-66(62)72(67)55-26-11-4-12-27-55)57-39-35-51(36-40-57)60-29-17-30-63-61(60)43-44-64-68(52-21-7-2-8-22-52)69(53-23-9-3-10-24-53)73(70(63)64)58-41-34-49-20-13-14-25-54(49)46-58/h1-47,62,66H. The lowest BCUT2D eigenvalue weighted by molar-refractivity contribution is 0.745. The number of fused-ring (bicyclic) bond motifs is 7. The van der Waals surface area contributed by atoms with Crippen molar-refractivity contribution in [3.05, 3.63) is 291 Å². The summed E-state index contributed by atoms with van der Waals surface area (Å²) < 4.78 is 2.52. The van der Waals surface area contributed by atoms with Crippen molar-refractivity contribution in [1.29, 1.82) is 0 Å². The number of rotatable bonds is 9. The summed E-state index contributed by atoms with van der Waals surface area (Å²) in [5, 5.41) is 6.08. The lowest BCUT2D eigenvalue weighted by Gasteiger charge is -2.28. The molecule has 344 valence electrons. The van der Waals surface area contributed by atoms with E-state index in [1.165, 1.54) is 88.5 Å². The summed E-state index contributed by atoms with van der Waals surface area (Å²) in [6, 6.07) is 95.8. The molecule has 0 saturated carbocycles. The van der Waals surface area contributed by atoms with Crippen molar-refractivity contribution < 1.29 is 0 Å². The summed E-state index contributed by atoms with van der Waals surface area (Å²) in [5.74, 6) is 0.234. The van der Waals surface area contributed by atoms with Crippen LogP contribution < -0.4 is 9.80 Å². The molecule has 1 aliphatic carbocycles. The molecule has 0 spiro atoms. The third kappa shape index (κ3) is 7.28. The van der Waals surface area contributed by atoms with E-state index in [4.69, 9.17) is 0 Å². The third-order valence-corrected chi connectivity index (χ3v) is 15.1. The summed E-state index contributed by atoms with van der Waals surface area (Å²) in [5.41, 5.74) is 19.0. The Bertz CT molecular complexity index is 4060. The largest absolute Gasteiger partial charge is 0.333 e. The minimum atomic E-state index is 0.211. The number of para-hydroxylation sites is 1. The fourth-order valence-corrected chi connectivity index (χ4v) is 11.8. The first-order valence-corrected chi connectivity index (χ1v) is 25.3. The van der Waals surface area contributed by atoms with Crippen LogP contribution >= 0.6 is 0 Å². The summed E-state index contributed by atoms with van der Waals surface area (Å²) in [4.78, 5) is 4.92. The molecule has 1 aliphatic heterocycles. The van der Waals surface area contributed by atoms with E-state index in [0.29, 0.717) is 0 Å². The molecule has 2 atom stereocenters. The Kier molecular flexibility index (Phi) is 10.3. The van der Waals surface area contributed by atoms with Crippen LogP contribution in [0.3, 0.4) is 0 Å². The van der Waals surface area contributed by atoms with Gasteiger partial charge in [0.1, 0.15) is 0 Å². The normalized spacial score (nSPS) is 14.7. The molecule has 3 heteroatoms. The van der Waals surface area contributed by atoms with Crippen LogP contribution in [0.5, 0.6) is 0 Å². The highest BCUT2D eigenvalue weighted by Gasteiger charge is 2.38. The van der Waals surface area contributed by atoms with E-state index < -0.39 is 0 Å². The molecule has 1 aromatic heterocycles. The zero-order valence-electron chi connectivity index (χ0n) is 40.1. The third-order valence-electron chi connectivity index (χ3n) is 15.1. The van der Waals surface area contributed by atoms with Crippen molar-refractivity contribution >= 4 is 60.9 Å². The van der Waals surface area contributed by atoms with Crippen molar-refractivity contribution in [2.75, 3.05) is 9.80 Å². The summed E-state index contributed by atoms with van der Waals surface area (Å²) in [6.07, 6.45) is 9.11. The maximum Gasteiger partial charge on any atom is 0.0629 e. The number of benzene rings is 11. The van der Waals surface area contributed by atoms with Gasteiger partial charge in [-0.1, -0.05) is 218 Å². The van der Waals surface area contributed by atoms with E-state index in [1.54, 1.807) is 0 Å². The Balaban J connectivity index is 0.926. The Morgan fingerprint density at radius 1 is 0.356 bits per heavy atom. The molecule has 0 fully saturated rings. The van der Waals surface area contributed by atoms with Crippen molar-refractivity contribution in [3.8, 4) is 50.3 Å². The van der Waals surface area contributed by atoms with Gasteiger partial charge >= 0.3 is 0 Å². The fraction of sp³-hybridized carbons (Fsp3) is 0.0286. The van der Waals surface area contributed by atoms with Gasteiger partial charge in [0.25, 0.3) is 0 Å². The van der Waals surface area contributed by atoms with Crippen molar-refractivity contribution in [1.82, 2.24) is 4.57 Å². The van der Waals surface area contributed by atoms with E-state index in [0.717, 1.165) is 28.3 Å². The second kappa shape index (κ2) is 17.8. The van der Waals surface area contributed by atoms with Gasteiger partial charge in [0.2, 0.25) is 0 Å². The van der Waals surface area contributed by atoms with E-state index in [2.05, 4.69) is 300 Å². The molecule has 12 aromatic rings. The number of hydrogen-bond donors (Lipinski definition) is 0. The molecule has 0 radical (unpaired) electrons. The topological polar surface area (TPSA) is 11.4 Å². The fourth-order valence-electron chi connectivity index (χ4n) is 11.8. The van der Waals surface area contributed by atoms with Crippen LogP contribution in [0.15, 0.2) is 285 Å². The summed E-state index contributed by atoms with van der Waals surface area (Å²) in [6.45, 7) is 0. The number of nitrogens with zero attached hydrogens (tertiary/aromatic N) is 3. The number of aromatic nitrogens is 1. The first kappa shape index (κ1) is 42.4. The minimum absolute atomic E-state index is 0.211. The van der Waals surface area contributed by atoms with E-state index >= 15 is 0 Å². The SMILES string of the molecule is C1=CC2c3cc(N(c4ccc(-c5ccccc5)cc4)c4ccc(-c5cccc6c5ccc5c(-c7ccccc7)c(-c7ccccc7)n(-c7ccc8ccccc8c7)c56)cc4)ccc3N(c3ccccc3)C2C=C1. The number of anilines is 5. The van der Waals surface area contributed by atoms with E-state index in [9.17, 15) is 0 Å². The highest BCUT2D eigenvalue weighted by atomic mass is 15.2. The zero-order chi connectivity index (χ0) is 48.2. The Labute approximate surface area is 426 Å². The Morgan fingerprint density at radius 2 is 0.945 bits per heavy atom. The van der Waals surface area contributed by atoms with Gasteiger partial charge in [0.05, 0.1) is 17.3 Å². The smallest absolute Gasteiger partial charge is 0.0629 e. The molecule has 0 N–H and O–H groups in total. The molecule has 0 saturated heterocycles. The van der Waals surface area contributed by atoms with Gasteiger partial charge in [-0.2, -0.15) is 0 Å². The second-order valence-corrected chi connectivity index (χ2v) is 19.2. The second-order valence-electron chi connectivity index (χ2n) is 19.2. The molecule has 2 heterocycles. The van der Waals surface area contributed by atoms with Crippen LogP contribution in [0, 0.1) is 0 Å². The lowest BCUT2D eigenvalue weighted by Crippen LogP contribution is -2.28. The maximum absolute atomic E-state index is 2.52. The van der Waals surface area contributed by atoms with Crippen LogP contribution in [0.2, 0.25) is 0 Å². The predicted octanol–water partition coefficient (Wildman–Crippen LogP) is 18.8. The van der Waals surface area contributed by atoms with Crippen molar-refractivity contribution in [2.45, 2.75) is 12.0 Å². The first-order valence-electron chi connectivity index (χ1n) is 25.3. The van der Waals surface area contributed by atoms with E-state index in [1.807, 2.05) is 0 Å². The van der Waals surface area contributed by atoms with E-state index in [-0.39, 0.29) is 12.0 Å². The minimum Gasteiger partial charge on any atom is -0.333 e. The van der Waals surface area contributed by atoms with Crippen molar-refractivity contribution in [3.63, 3.8) is 0 Å². The molecular weight excluding hydrogens is 883 g/mol. The average molecular weight is 932 g/mol. The van der Waals surface area contributed by atoms with Crippen LogP contribution in [-0.4, -0.2) is 10.6 Å². The zero-order valence-corrected chi connectivity index (χ0v) is 40.1. The van der Waals surface area contributed by atoms with Gasteiger partial charge in [-0.05, 0) is 122 Å². The summed E-state index contributed by atoms with van der Waals surface area (Å²) in [7, 11) is 0. The summed E-state index contributed by atoms with van der Waals surface area (Å²) >= 11 is 0. The molecule has 2 unspecified atom stereocenters. The highest BCUT2D eigenvalue weighted by molar-refractivity contribution is 6.18. The monoisotopic (exact) mass is 931 g/mol.